The third kappa shape index (κ3) is 2.56. The van der Waals surface area contributed by atoms with E-state index in [9.17, 15) is 9.18 Å². The number of pyridine rings is 1. The molecule has 3 nitrogen and oxygen atoms in total. The summed E-state index contributed by atoms with van der Waals surface area (Å²) >= 11 is 0. The minimum Gasteiger partial charge on any atom is -0.349 e. The molecule has 1 aromatic heterocycles. The standard InChI is InChI=1S/C12H15FN2O/c1-8-2-4-10(6-8)15-12(16)9-3-5-11(13)14-7-9/h3,5,7-8,10H,2,4,6H2,1H3,(H,15,16). The van der Waals surface area contributed by atoms with Crippen molar-refractivity contribution in [2.45, 2.75) is 32.2 Å². The van der Waals surface area contributed by atoms with Gasteiger partial charge in [-0.15, -0.1) is 0 Å². The summed E-state index contributed by atoms with van der Waals surface area (Å²) in [6.07, 6.45) is 4.48. The van der Waals surface area contributed by atoms with Crippen LogP contribution in [0.5, 0.6) is 0 Å². The van der Waals surface area contributed by atoms with Crippen molar-refractivity contribution >= 4 is 5.91 Å². The Kier molecular flexibility index (Phi) is 3.17. The molecule has 0 radical (unpaired) electrons. The summed E-state index contributed by atoms with van der Waals surface area (Å²) in [6, 6.07) is 2.91. The molecule has 0 bridgehead atoms. The van der Waals surface area contributed by atoms with Gasteiger partial charge in [0.2, 0.25) is 5.95 Å². The number of carbonyl (C=O) groups excluding carboxylic acids is 1. The first-order chi connectivity index (χ1) is 7.65. The van der Waals surface area contributed by atoms with E-state index in [0.717, 1.165) is 19.3 Å². The maximum absolute atomic E-state index is 12.6. The molecule has 2 atom stereocenters. The van der Waals surface area contributed by atoms with Crippen LogP contribution in [0.15, 0.2) is 18.3 Å². The molecule has 1 N–H and O–H groups in total. The van der Waals surface area contributed by atoms with E-state index in [1.54, 1.807) is 0 Å². The molecular formula is C12H15FN2O. The van der Waals surface area contributed by atoms with E-state index < -0.39 is 5.95 Å². The Labute approximate surface area is 94.1 Å². The first kappa shape index (κ1) is 11.0. The van der Waals surface area contributed by atoms with Crippen LogP contribution < -0.4 is 5.32 Å². The third-order valence-electron chi connectivity index (χ3n) is 3.02. The lowest BCUT2D eigenvalue weighted by molar-refractivity contribution is 0.0937. The minimum absolute atomic E-state index is 0.161. The van der Waals surface area contributed by atoms with Gasteiger partial charge < -0.3 is 5.32 Å². The van der Waals surface area contributed by atoms with Gasteiger partial charge >= 0.3 is 0 Å². The molecule has 1 aliphatic rings. The molecule has 0 saturated heterocycles. The van der Waals surface area contributed by atoms with Crippen LogP contribution in [-0.2, 0) is 0 Å². The molecule has 1 saturated carbocycles. The molecule has 2 unspecified atom stereocenters. The molecule has 4 heteroatoms. The van der Waals surface area contributed by atoms with Gasteiger partial charge in [0.05, 0.1) is 5.56 Å². The van der Waals surface area contributed by atoms with Crippen LogP contribution in [0.4, 0.5) is 4.39 Å². The van der Waals surface area contributed by atoms with E-state index in [1.165, 1.54) is 18.3 Å². The van der Waals surface area contributed by atoms with Crippen molar-refractivity contribution < 1.29 is 9.18 Å². The molecule has 1 heterocycles. The fraction of sp³-hybridized carbons (Fsp3) is 0.500. The van der Waals surface area contributed by atoms with E-state index >= 15 is 0 Å². The zero-order chi connectivity index (χ0) is 11.5. The topological polar surface area (TPSA) is 42.0 Å². The molecule has 1 amide bonds. The van der Waals surface area contributed by atoms with Gasteiger partial charge in [0, 0.05) is 12.2 Å². The highest BCUT2D eigenvalue weighted by Gasteiger charge is 2.23. The van der Waals surface area contributed by atoms with E-state index in [-0.39, 0.29) is 11.9 Å². The van der Waals surface area contributed by atoms with Crippen molar-refractivity contribution in [2.75, 3.05) is 0 Å². The first-order valence-corrected chi connectivity index (χ1v) is 5.57. The van der Waals surface area contributed by atoms with Crippen molar-refractivity contribution in [2.24, 2.45) is 5.92 Å². The van der Waals surface area contributed by atoms with Crippen LogP contribution in [0.2, 0.25) is 0 Å². The average Bonchev–Trinajstić information content (AvgIpc) is 2.65. The molecule has 2 rings (SSSR count). The first-order valence-electron chi connectivity index (χ1n) is 5.57. The van der Waals surface area contributed by atoms with Gasteiger partial charge in [-0.1, -0.05) is 6.92 Å². The molecule has 0 aromatic carbocycles. The Balaban J connectivity index is 1.95. The van der Waals surface area contributed by atoms with Crippen molar-refractivity contribution in [1.29, 1.82) is 0 Å². The minimum atomic E-state index is -0.564. The quantitative estimate of drug-likeness (QED) is 0.779. The Hall–Kier alpha value is -1.45. The van der Waals surface area contributed by atoms with Crippen LogP contribution in [0.1, 0.15) is 36.5 Å². The summed E-state index contributed by atoms with van der Waals surface area (Å²) in [4.78, 5) is 15.2. The molecule has 0 spiro atoms. The number of carbonyl (C=O) groups is 1. The van der Waals surface area contributed by atoms with E-state index in [1.807, 2.05) is 0 Å². The SMILES string of the molecule is CC1CCC(NC(=O)c2ccc(F)nc2)C1. The van der Waals surface area contributed by atoms with E-state index in [2.05, 4.69) is 17.2 Å². The molecular weight excluding hydrogens is 207 g/mol. The zero-order valence-electron chi connectivity index (χ0n) is 9.24. The second kappa shape index (κ2) is 4.60. The van der Waals surface area contributed by atoms with Gasteiger partial charge in [-0.25, -0.2) is 4.98 Å². The Morgan fingerprint density at radius 1 is 1.50 bits per heavy atom. The van der Waals surface area contributed by atoms with Crippen molar-refractivity contribution in [1.82, 2.24) is 10.3 Å². The fourth-order valence-corrected chi connectivity index (χ4v) is 2.12. The highest BCUT2D eigenvalue weighted by atomic mass is 19.1. The second-order valence-corrected chi connectivity index (χ2v) is 4.46. The van der Waals surface area contributed by atoms with Crippen molar-refractivity contribution in [3.8, 4) is 0 Å². The summed E-state index contributed by atoms with van der Waals surface area (Å²) < 4.78 is 12.6. The largest absolute Gasteiger partial charge is 0.349 e. The predicted molar refractivity (Wildman–Crippen MR) is 58.5 cm³/mol. The van der Waals surface area contributed by atoms with Gasteiger partial charge in [-0.05, 0) is 37.3 Å². The highest BCUT2D eigenvalue weighted by Crippen LogP contribution is 2.24. The van der Waals surface area contributed by atoms with Gasteiger partial charge in [-0.2, -0.15) is 4.39 Å². The van der Waals surface area contributed by atoms with E-state index in [4.69, 9.17) is 0 Å². The average molecular weight is 222 g/mol. The second-order valence-electron chi connectivity index (χ2n) is 4.46. The normalized spacial score (nSPS) is 24.4. The Morgan fingerprint density at radius 3 is 2.88 bits per heavy atom. The molecule has 1 aliphatic carbocycles. The molecule has 16 heavy (non-hydrogen) atoms. The lowest BCUT2D eigenvalue weighted by Gasteiger charge is -2.11. The zero-order valence-corrected chi connectivity index (χ0v) is 9.24. The van der Waals surface area contributed by atoms with E-state index in [0.29, 0.717) is 11.5 Å². The lowest BCUT2D eigenvalue weighted by atomic mass is 10.1. The molecule has 1 aromatic rings. The van der Waals surface area contributed by atoms with Crippen LogP contribution in [0, 0.1) is 11.9 Å². The van der Waals surface area contributed by atoms with Gasteiger partial charge in [-0.3, -0.25) is 4.79 Å². The fourth-order valence-electron chi connectivity index (χ4n) is 2.12. The van der Waals surface area contributed by atoms with Crippen molar-refractivity contribution in [3.63, 3.8) is 0 Å². The highest BCUT2D eigenvalue weighted by molar-refractivity contribution is 5.94. The molecule has 1 fully saturated rings. The monoisotopic (exact) mass is 222 g/mol. The van der Waals surface area contributed by atoms with Crippen LogP contribution >= 0.6 is 0 Å². The number of halogens is 1. The van der Waals surface area contributed by atoms with Crippen LogP contribution in [-0.4, -0.2) is 16.9 Å². The van der Waals surface area contributed by atoms with Gasteiger partial charge in [0.15, 0.2) is 0 Å². The summed E-state index contributed by atoms with van der Waals surface area (Å²) in [6.45, 7) is 2.19. The summed E-state index contributed by atoms with van der Waals surface area (Å²) in [7, 11) is 0. The number of nitrogens with zero attached hydrogens (tertiary/aromatic N) is 1. The summed E-state index contributed by atoms with van der Waals surface area (Å²) in [5.41, 5.74) is 0.418. The number of hydrogen-bond donors (Lipinski definition) is 1. The Morgan fingerprint density at radius 2 is 2.31 bits per heavy atom. The number of hydrogen-bond acceptors (Lipinski definition) is 2. The van der Waals surface area contributed by atoms with Gasteiger partial charge in [0.25, 0.3) is 5.91 Å². The number of aromatic nitrogens is 1. The maximum atomic E-state index is 12.6. The summed E-state index contributed by atoms with van der Waals surface area (Å²) in [5.74, 6) is -0.0470. The number of rotatable bonds is 2. The van der Waals surface area contributed by atoms with Gasteiger partial charge in [0.1, 0.15) is 0 Å². The number of amides is 1. The Bertz CT molecular complexity index is 377. The smallest absolute Gasteiger partial charge is 0.253 e. The van der Waals surface area contributed by atoms with Crippen LogP contribution in [0.3, 0.4) is 0 Å². The molecule has 86 valence electrons. The summed E-state index contributed by atoms with van der Waals surface area (Å²) in [5, 5.41) is 2.94. The van der Waals surface area contributed by atoms with Crippen LogP contribution in [0.25, 0.3) is 0 Å². The van der Waals surface area contributed by atoms with Crippen molar-refractivity contribution in [3.05, 3.63) is 29.8 Å². The number of nitrogens with one attached hydrogen (secondary N) is 1. The third-order valence-corrected chi connectivity index (χ3v) is 3.02. The lowest BCUT2D eigenvalue weighted by Crippen LogP contribution is -2.32. The maximum Gasteiger partial charge on any atom is 0.253 e. The molecule has 0 aliphatic heterocycles. The predicted octanol–water partition coefficient (Wildman–Crippen LogP) is 2.14.